The van der Waals surface area contributed by atoms with Crippen molar-refractivity contribution < 1.29 is 17.9 Å². The Bertz CT molecular complexity index is 651. The molecule has 1 aromatic carbocycles. The van der Waals surface area contributed by atoms with Crippen molar-refractivity contribution in [2.24, 2.45) is 4.99 Å². The van der Waals surface area contributed by atoms with Crippen LogP contribution in [-0.4, -0.2) is 64.9 Å². The van der Waals surface area contributed by atoms with Gasteiger partial charge >= 0.3 is 6.18 Å². The minimum absolute atomic E-state index is 0. The molecule has 0 amide bonds. The Labute approximate surface area is 188 Å². The molecule has 0 bridgehead atoms. The van der Waals surface area contributed by atoms with Gasteiger partial charge in [0.15, 0.2) is 5.96 Å². The molecule has 0 radical (unpaired) electrons. The summed E-state index contributed by atoms with van der Waals surface area (Å²) in [7, 11) is 5.45. The molecule has 0 atom stereocenters. The fourth-order valence-corrected chi connectivity index (χ4v) is 3.17. The SMILES string of the molecule is CN=C(NCCN(C)CCCOC)NCC1(c2cccc(C(F)(F)F)c2)CC1.I. The van der Waals surface area contributed by atoms with Gasteiger partial charge in [-0.05, 0) is 37.9 Å². The first-order valence-electron chi connectivity index (χ1n) is 9.60. The summed E-state index contributed by atoms with van der Waals surface area (Å²) in [4.78, 5) is 6.43. The highest BCUT2D eigenvalue weighted by Gasteiger charge is 2.45. The number of nitrogens with one attached hydrogen (secondary N) is 2. The molecule has 0 unspecified atom stereocenters. The molecule has 29 heavy (non-hydrogen) atoms. The van der Waals surface area contributed by atoms with E-state index in [1.807, 2.05) is 0 Å². The number of likely N-dealkylation sites (N-methyl/N-ethyl adjacent to an activating group) is 1. The average molecular weight is 528 g/mol. The van der Waals surface area contributed by atoms with Gasteiger partial charge in [-0.3, -0.25) is 4.99 Å². The average Bonchev–Trinajstić information content (AvgIpc) is 3.45. The highest BCUT2D eigenvalue weighted by atomic mass is 127. The van der Waals surface area contributed by atoms with Gasteiger partial charge in [-0.1, -0.05) is 18.2 Å². The predicted octanol–water partition coefficient (Wildman–Crippen LogP) is 3.49. The van der Waals surface area contributed by atoms with Gasteiger partial charge < -0.3 is 20.3 Å². The van der Waals surface area contributed by atoms with Crippen LogP contribution in [0.2, 0.25) is 0 Å². The standard InChI is InChI=1S/C20H31F3N4O.HI/c1-24-18(25-10-12-27(2)11-5-13-28-3)26-15-19(8-9-19)16-6-4-7-17(14-16)20(21,22)23;/h4,6-7,14H,5,8-13,15H2,1-3H3,(H2,24,25,26);1H. The van der Waals surface area contributed by atoms with Gasteiger partial charge in [0.1, 0.15) is 0 Å². The van der Waals surface area contributed by atoms with Crippen LogP contribution >= 0.6 is 24.0 Å². The molecule has 0 spiro atoms. The number of halogens is 4. The molecular weight excluding hydrogens is 496 g/mol. The van der Waals surface area contributed by atoms with Crippen molar-refractivity contribution in [3.63, 3.8) is 0 Å². The second kappa shape index (κ2) is 11.9. The number of guanidine groups is 1. The van der Waals surface area contributed by atoms with Crippen LogP contribution in [0.3, 0.4) is 0 Å². The van der Waals surface area contributed by atoms with Crippen molar-refractivity contribution in [3.05, 3.63) is 35.4 Å². The molecule has 0 aromatic heterocycles. The number of methoxy groups -OCH3 is 1. The van der Waals surface area contributed by atoms with Gasteiger partial charge in [0.2, 0.25) is 0 Å². The van der Waals surface area contributed by atoms with Gasteiger partial charge in [0.25, 0.3) is 0 Å². The van der Waals surface area contributed by atoms with Crippen molar-refractivity contribution in [3.8, 4) is 0 Å². The van der Waals surface area contributed by atoms with Crippen molar-refractivity contribution >= 4 is 29.9 Å². The molecule has 2 rings (SSSR count). The van der Waals surface area contributed by atoms with Crippen LogP contribution in [-0.2, 0) is 16.3 Å². The lowest BCUT2D eigenvalue weighted by atomic mass is 9.94. The molecule has 1 saturated carbocycles. The maximum absolute atomic E-state index is 13.0. The first-order chi connectivity index (χ1) is 13.3. The zero-order chi connectivity index (χ0) is 20.6. The molecule has 9 heteroatoms. The Balaban J connectivity index is 0.00000420. The van der Waals surface area contributed by atoms with Gasteiger partial charge in [0.05, 0.1) is 5.56 Å². The summed E-state index contributed by atoms with van der Waals surface area (Å²) in [5, 5.41) is 6.54. The van der Waals surface area contributed by atoms with E-state index in [0.29, 0.717) is 12.5 Å². The third-order valence-electron chi connectivity index (χ3n) is 5.15. The van der Waals surface area contributed by atoms with Crippen LogP contribution in [0.15, 0.2) is 29.3 Å². The Hall–Kier alpha value is -1.07. The maximum atomic E-state index is 13.0. The van der Waals surface area contributed by atoms with Crippen LogP contribution in [0.25, 0.3) is 0 Å². The molecule has 1 aliphatic carbocycles. The fourth-order valence-electron chi connectivity index (χ4n) is 3.17. The van der Waals surface area contributed by atoms with Crippen molar-refractivity contribution in [1.82, 2.24) is 15.5 Å². The van der Waals surface area contributed by atoms with Crippen molar-refractivity contribution in [1.29, 1.82) is 0 Å². The van der Waals surface area contributed by atoms with E-state index in [1.54, 1.807) is 20.2 Å². The van der Waals surface area contributed by atoms with Crippen LogP contribution in [0.1, 0.15) is 30.4 Å². The first-order valence-corrected chi connectivity index (χ1v) is 9.60. The van der Waals surface area contributed by atoms with E-state index in [4.69, 9.17) is 4.74 Å². The Morgan fingerprint density at radius 2 is 1.97 bits per heavy atom. The normalized spacial score (nSPS) is 15.8. The number of aliphatic imine (C=N–C) groups is 1. The summed E-state index contributed by atoms with van der Waals surface area (Å²) in [5.41, 5.74) is -0.0889. The van der Waals surface area contributed by atoms with E-state index in [-0.39, 0.29) is 29.4 Å². The zero-order valence-corrected chi connectivity index (χ0v) is 19.6. The number of hydrogen-bond acceptors (Lipinski definition) is 3. The smallest absolute Gasteiger partial charge is 0.385 e. The molecule has 2 N–H and O–H groups in total. The van der Waals surface area contributed by atoms with Gasteiger partial charge in [-0.15, -0.1) is 24.0 Å². The van der Waals surface area contributed by atoms with E-state index in [9.17, 15) is 13.2 Å². The van der Waals surface area contributed by atoms with Crippen LogP contribution in [0, 0.1) is 0 Å². The summed E-state index contributed by atoms with van der Waals surface area (Å²) in [6.07, 6.45) is -1.58. The summed E-state index contributed by atoms with van der Waals surface area (Å²) in [6.45, 7) is 3.87. The Morgan fingerprint density at radius 1 is 1.24 bits per heavy atom. The van der Waals surface area contributed by atoms with E-state index in [1.165, 1.54) is 12.1 Å². The third-order valence-corrected chi connectivity index (χ3v) is 5.15. The molecular formula is C20H32F3IN4O. The Morgan fingerprint density at radius 3 is 2.55 bits per heavy atom. The Kier molecular flexibility index (Phi) is 10.7. The molecule has 1 aliphatic rings. The van der Waals surface area contributed by atoms with E-state index in [0.717, 1.165) is 57.1 Å². The number of benzene rings is 1. The molecule has 0 heterocycles. The minimum atomic E-state index is -4.31. The van der Waals surface area contributed by atoms with Crippen LogP contribution < -0.4 is 10.6 Å². The summed E-state index contributed by atoms with van der Waals surface area (Å²) in [5.74, 6) is 0.670. The quantitative estimate of drug-likeness (QED) is 0.211. The van der Waals surface area contributed by atoms with E-state index in [2.05, 4.69) is 27.6 Å². The van der Waals surface area contributed by atoms with Gasteiger partial charge in [-0.2, -0.15) is 13.2 Å². The maximum Gasteiger partial charge on any atom is 0.416 e. The zero-order valence-electron chi connectivity index (χ0n) is 17.3. The van der Waals surface area contributed by atoms with Gasteiger partial charge in [0, 0.05) is 52.4 Å². The fraction of sp³-hybridized carbons (Fsp3) is 0.650. The lowest BCUT2D eigenvalue weighted by Gasteiger charge is -2.21. The minimum Gasteiger partial charge on any atom is -0.385 e. The second-order valence-electron chi connectivity index (χ2n) is 7.36. The third kappa shape index (κ3) is 8.29. The van der Waals surface area contributed by atoms with Crippen LogP contribution in [0.4, 0.5) is 13.2 Å². The first kappa shape index (κ1) is 26.0. The number of alkyl halides is 3. The molecule has 166 valence electrons. The second-order valence-corrected chi connectivity index (χ2v) is 7.36. The molecule has 0 saturated heterocycles. The number of rotatable bonds is 10. The molecule has 5 nitrogen and oxygen atoms in total. The topological polar surface area (TPSA) is 48.9 Å². The summed E-state index contributed by atoms with van der Waals surface area (Å²) < 4.78 is 44.0. The lowest BCUT2D eigenvalue weighted by molar-refractivity contribution is -0.137. The largest absolute Gasteiger partial charge is 0.416 e. The molecule has 1 fully saturated rings. The predicted molar refractivity (Wildman–Crippen MR) is 121 cm³/mol. The molecule has 1 aromatic rings. The van der Waals surface area contributed by atoms with Crippen LogP contribution in [0.5, 0.6) is 0 Å². The van der Waals surface area contributed by atoms with E-state index < -0.39 is 11.7 Å². The number of hydrogen-bond donors (Lipinski definition) is 2. The monoisotopic (exact) mass is 528 g/mol. The van der Waals surface area contributed by atoms with Gasteiger partial charge in [-0.25, -0.2) is 0 Å². The summed E-state index contributed by atoms with van der Waals surface area (Å²) >= 11 is 0. The summed E-state index contributed by atoms with van der Waals surface area (Å²) in [6, 6.07) is 5.68. The van der Waals surface area contributed by atoms with E-state index >= 15 is 0 Å². The highest BCUT2D eigenvalue weighted by molar-refractivity contribution is 14.0. The number of nitrogens with zero attached hydrogens (tertiary/aromatic N) is 2. The van der Waals surface area contributed by atoms with Crippen molar-refractivity contribution in [2.75, 3.05) is 54.0 Å². The number of ether oxygens (including phenoxy) is 1. The van der Waals surface area contributed by atoms with Crippen molar-refractivity contribution in [2.45, 2.75) is 30.9 Å². The highest BCUT2D eigenvalue weighted by Crippen LogP contribution is 2.48. The lowest BCUT2D eigenvalue weighted by Crippen LogP contribution is -2.43. The molecule has 0 aliphatic heterocycles.